The number of phenols is 1. The van der Waals surface area contributed by atoms with Gasteiger partial charge in [0.25, 0.3) is 0 Å². The smallest absolute Gasteiger partial charge is 0.115 e. The Morgan fingerprint density at radius 3 is 2.75 bits per heavy atom. The molecule has 0 aliphatic carbocycles. The predicted octanol–water partition coefficient (Wildman–Crippen LogP) is 2.67. The summed E-state index contributed by atoms with van der Waals surface area (Å²) in [4.78, 5) is 2.53. The zero-order chi connectivity index (χ0) is 11.4. The molecule has 1 fully saturated rings. The van der Waals surface area contributed by atoms with Gasteiger partial charge in [0.2, 0.25) is 0 Å². The molecule has 0 atom stereocenters. The molecule has 0 saturated carbocycles. The summed E-state index contributed by atoms with van der Waals surface area (Å²) in [5.41, 5.74) is 1.23. The normalized spacial score (nSPS) is 18.8. The molecule has 16 heavy (non-hydrogen) atoms. The summed E-state index contributed by atoms with van der Waals surface area (Å²) in [6.07, 6.45) is 3.71. The molecule has 0 bridgehead atoms. The summed E-state index contributed by atoms with van der Waals surface area (Å²) >= 11 is 0. The van der Waals surface area contributed by atoms with Gasteiger partial charge in [0, 0.05) is 6.54 Å². The van der Waals surface area contributed by atoms with Crippen LogP contribution in [0.3, 0.4) is 0 Å². The fourth-order valence-corrected chi connectivity index (χ4v) is 2.28. The summed E-state index contributed by atoms with van der Waals surface area (Å²) in [5.74, 6) is 1.28. The molecule has 1 aromatic carbocycles. The van der Waals surface area contributed by atoms with Gasteiger partial charge in [-0.05, 0) is 56.0 Å². The minimum atomic E-state index is 0.379. The lowest BCUT2D eigenvalue weighted by Gasteiger charge is -2.30. The van der Waals surface area contributed by atoms with E-state index in [0.29, 0.717) is 5.75 Å². The number of rotatable bonds is 3. The molecule has 1 aliphatic rings. The summed E-state index contributed by atoms with van der Waals surface area (Å²) in [5, 5.41) is 9.37. The van der Waals surface area contributed by atoms with Crippen LogP contribution in [-0.2, 0) is 6.42 Å². The molecule has 0 amide bonds. The van der Waals surface area contributed by atoms with Crippen LogP contribution >= 0.6 is 0 Å². The van der Waals surface area contributed by atoms with Gasteiger partial charge in [0.15, 0.2) is 0 Å². The van der Waals surface area contributed by atoms with Gasteiger partial charge in [0.1, 0.15) is 5.75 Å². The first kappa shape index (κ1) is 11.5. The average molecular weight is 219 g/mol. The first-order valence-corrected chi connectivity index (χ1v) is 6.24. The molecule has 1 aliphatic heterocycles. The second-order valence-corrected chi connectivity index (χ2v) is 4.94. The quantitative estimate of drug-likeness (QED) is 0.845. The zero-order valence-electron chi connectivity index (χ0n) is 10.0. The molecular formula is C14H21NO. The third kappa shape index (κ3) is 3.24. The Hall–Kier alpha value is -1.02. The van der Waals surface area contributed by atoms with Crippen LogP contribution in [0.4, 0.5) is 0 Å². The maximum absolute atomic E-state index is 9.37. The molecule has 2 heteroatoms. The van der Waals surface area contributed by atoms with E-state index in [4.69, 9.17) is 0 Å². The molecule has 2 rings (SSSR count). The molecule has 0 spiro atoms. The Kier molecular flexibility index (Phi) is 3.83. The van der Waals surface area contributed by atoms with E-state index < -0.39 is 0 Å². The highest BCUT2D eigenvalue weighted by Gasteiger charge is 2.14. The van der Waals surface area contributed by atoms with Crippen LogP contribution in [0, 0.1) is 5.92 Å². The van der Waals surface area contributed by atoms with Gasteiger partial charge < -0.3 is 10.0 Å². The summed E-state index contributed by atoms with van der Waals surface area (Å²) < 4.78 is 0. The Bertz CT molecular complexity index is 329. The SMILES string of the molecule is CC1CCN(CCc2cccc(O)c2)CC1. The highest BCUT2D eigenvalue weighted by molar-refractivity contribution is 5.27. The minimum absolute atomic E-state index is 0.379. The van der Waals surface area contributed by atoms with Crippen molar-refractivity contribution in [3.63, 3.8) is 0 Å². The third-order valence-corrected chi connectivity index (χ3v) is 3.50. The van der Waals surface area contributed by atoms with Crippen molar-refractivity contribution in [2.24, 2.45) is 5.92 Å². The van der Waals surface area contributed by atoms with E-state index in [9.17, 15) is 5.11 Å². The summed E-state index contributed by atoms with van der Waals surface area (Å²) in [6.45, 7) is 5.93. The van der Waals surface area contributed by atoms with Crippen molar-refractivity contribution in [1.82, 2.24) is 4.90 Å². The van der Waals surface area contributed by atoms with Crippen molar-refractivity contribution in [3.05, 3.63) is 29.8 Å². The maximum atomic E-state index is 9.37. The van der Waals surface area contributed by atoms with E-state index in [-0.39, 0.29) is 0 Å². The summed E-state index contributed by atoms with van der Waals surface area (Å²) in [6, 6.07) is 7.61. The third-order valence-electron chi connectivity index (χ3n) is 3.50. The van der Waals surface area contributed by atoms with Gasteiger partial charge in [-0.3, -0.25) is 0 Å². The Balaban J connectivity index is 1.79. The monoisotopic (exact) mass is 219 g/mol. The topological polar surface area (TPSA) is 23.5 Å². The van der Waals surface area contributed by atoms with Gasteiger partial charge >= 0.3 is 0 Å². The zero-order valence-corrected chi connectivity index (χ0v) is 10.0. The van der Waals surface area contributed by atoms with E-state index in [2.05, 4.69) is 17.9 Å². The molecular weight excluding hydrogens is 198 g/mol. The van der Waals surface area contributed by atoms with Crippen LogP contribution in [0.15, 0.2) is 24.3 Å². The van der Waals surface area contributed by atoms with Crippen molar-refractivity contribution >= 4 is 0 Å². The van der Waals surface area contributed by atoms with E-state index in [1.54, 1.807) is 6.07 Å². The lowest BCUT2D eigenvalue weighted by atomic mass is 9.99. The second-order valence-electron chi connectivity index (χ2n) is 4.94. The molecule has 1 saturated heterocycles. The van der Waals surface area contributed by atoms with Gasteiger partial charge in [-0.25, -0.2) is 0 Å². The van der Waals surface area contributed by atoms with Crippen molar-refractivity contribution in [3.8, 4) is 5.75 Å². The molecule has 88 valence electrons. The van der Waals surface area contributed by atoms with E-state index in [1.165, 1.54) is 31.5 Å². The molecule has 0 radical (unpaired) electrons. The van der Waals surface area contributed by atoms with Crippen LogP contribution < -0.4 is 0 Å². The number of aromatic hydroxyl groups is 1. The number of benzene rings is 1. The van der Waals surface area contributed by atoms with E-state index in [0.717, 1.165) is 18.9 Å². The second kappa shape index (κ2) is 5.35. The average Bonchev–Trinajstić information content (AvgIpc) is 2.28. The number of hydrogen-bond donors (Lipinski definition) is 1. The van der Waals surface area contributed by atoms with Crippen molar-refractivity contribution in [2.75, 3.05) is 19.6 Å². The van der Waals surface area contributed by atoms with Gasteiger partial charge in [-0.15, -0.1) is 0 Å². The Labute approximate surface area is 97.9 Å². The lowest BCUT2D eigenvalue weighted by Crippen LogP contribution is -2.34. The highest BCUT2D eigenvalue weighted by Crippen LogP contribution is 2.17. The minimum Gasteiger partial charge on any atom is -0.508 e. The van der Waals surface area contributed by atoms with Crippen molar-refractivity contribution < 1.29 is 5.11 Å². The van der Waals surface area contributed by atoms with Crippen LogP contribution in [0.2, 0.25) is 0 Å². The Morgan fingerprint density at radius 2 is 2.06 bits per heavy atom. The molecule has 0 unspecified atom stereocenters. The van der Waals surface area contributed by atoms with Crippen LogP contribution in [0.25, 0.3) is 0 Å². The Morgan fingerprint density at radius 1 is 1.31 bits per heavy atom. The van der Waals surface area contributed by atoms with Crippen molar-refractivity contribution in [1.29, 1.82) is 0 Å². The van der Waals surface area contributed by atoms with Crippen LogP contribution in [0.5, 0.6) is 5.75 Å². The molecule has 1 N–H and O–H groups in total. The van der Waals surface area contributed by atoms with Crippen molar-refractivity contribution in [2.45, 2.75) is 26.2 Å². The number of likely N-dealkylation sites (tertiary alicyclic amines) is 1. The largest absolute Gasteiger partial charge is 0.508 e. The standard InChI is InChI=1S/C14H21NO/c1-12-5-8-15(9-6-12)10-7-13-3-2-4-14(16)11-13/h2-4,11-12,16H,5-10H2,1H3. The fraction of sp³-hybridized carbons (Fsp3) is 0.571. The predicted molar refractivity (Wildman–Crippen MR) is 66.6 cm³/mol. The number of hydrogen-bond acceptors (Lipinski definition) is 2. The highest BCUT2D eigenvalue weighted by atomic mass is 16.3. The summed E-state index contributed by atoms with van der Waals surface area (Å²) in [7, 11) is 0. The van der Waals surface area contributed by atoms with Gasteiger partial charge in [-0.2, -0.15) is 0 Å². The van der Waals surface area contributed by atoms with E-state index in [1.807, 2.05) is 12.1 Å². The molecule has 1 heterocycles. The first-order chi connectivity index (χ1) is 7.74. The molecule has 1 aromatic rings. The number of phenolic OH excluding ortho intramolecular Hbond substituents is 1. The van der Waals surface area contributed by atoms with Gasteiger partial charge in [0.05, 0.1) is 0 Å². The maximum Gasteiger partial charge on any atom is 0.115 e. The van der Waals surface area contributed by atoms with Crippen LogP contribution in [0.1, 0.15) is 25.3 Å². The molecule has 2 nitrogen and oxygen atoms in total. The number of nitrogens with zero attached hydrogens (tertiary/aromatic N) is 1. The molecule has 0 aromatic heterocycles. The van der Waals surface area contributed by atoms with Crippen LogP contribution in [-0.4, -0.2) is 29.6 Å². The number of piperidine rings is 1. The first-order valence-electron chi connectivity index (χ1n) is 6.24. The van der Waals surface area contributed by atoms with Gasteiger partial charge in [-0.1, -0.05) is 19.1 Å². The fourth-order valence-electron chi connectivity index (χ4n) is 2.28. The lowest BCUT2D eigenvalue weighted by molar-refractivity contribution is 0.194. The van der Waals surface area contributed by atoms with E-state index >= 15 is 0 Å².